The second-order valence-electron chi connectivity index (χ2n) is 5.58. The first kappa shape index (κ1) is 17.8. The van der Waals surface area contributed by atoms with Crippen LogP contribution in [0.2, 0.25) is 0 Å². The van der Waals surface area contributed by atoms with Crippen LogP contribution in [0.4, 0.5) is 5.69 Å². The average molecular weight is 460 g/mol. The van der Waals surface area contributed by atoms with Crippen molar-refractivity contribution >= 4 is 66.6 Å². The SMILES string of the molecule is O=C(Nc1csc(-c2ccc(Br)cc2)c1C(=O)O)c1ccc2nnsc2c1. The van der Waals surface area contributed by atoms with Crippen molar-refractivity contribution in [3.8, 4) is 10.4 Å². The fraction of sp³-hybridized carbons (Fsp3) is 0. The molecule has 4 aromatic rings. The zero-order chi connectivity index (χ0) is 19.0. The molecule has 1 amide bonds. The maximum atomic E-state index is 12.6. The number of anilines is 1. The van der Waals surface area contributed by atoms with Crippen molar-refractivity contribution in [2.45, 2.75) is 0 Å². The smallest absolute Gasteiger partial charge is 0.339 e. The fourth-order valence-corrected chi connectivity index (χ4v) is 4.45. The third-order valence-corrected chi connectivity index (χ3v) is 6.11. The molecule has 0 spiro atoms. The van der Waals surface area contributed by atoms with Crippen LogP contribution in [0.15, 0.2) is 52.3 Å². The van der Waals surface area contributed by atoms with E-state index in [-0.39, 0.29) is 17.2 Å². The van der Waals surface area contributed by atoms with E-state index in [0.29, 0.717) is 10.4 Å². The van der Waals surface area contributed by atoms with Gasteiger partial charge in [-0.3, -0.25) is 4.79 Å². The third kappa shape index (κ3) is 3.48. The molecular formula is C18H10BrN3O3S2. The number of nitrogens with one attached hydrogen (secondary N) is 1. The molecule has 2 aromatic heterocycles. The first-order valence-corrected chi connectivity index (χ1v) is 10.1. The highest BCUT2D eigenvalue weighted by Crippen LogP contribution is 2.36. The van der Waals surface area contributed by atoms with E-state index in [0.717, 1.165) is 20.3 Å². The minimum atomic E-state index is -1.09. The first-order valence-electron chi connectivity index (χ1n) is 7.67. The number of aromatic carboxylic acids is 1. The number of hydrogen-bond donors (Lipinski definition) is 2. The Labute approximate surface area is 169 Å². The molecule has 6 nitrogen and oxygen atoms in total. The Morgan fingerprint density at radius 3 is 2.63 bits per heavy atom. The molecule has 134 valence electrons. The van der Waals surface area contributed by atoms with Gasteiger partial charge in [0.1, 0.15) is 11.1 Å². The highest BCUT2D eigenvalue weighted by Gasteiger charge is 2.21. The van der Waals surface area contributed by atoms with Crippen molar-refractivity contribution in [2.24, 2.45) is 0 Å². The Hall–Kier alpha value is -2.62. The fourth-order valence-electron chi connectivity index (χ4n) is 2.59. The number of thiophene rings is 1. The predicted molar refractivity (Wildman–Crippen MR) is 110 cm³/mol. The highest BCUT2D eigenvalue weighted by molar-refractivity contribution is 9.10. The van der Waals surface area contributed by atoms with Crippen molar-refractivity contribution in [1.29, 1.82) is 0 Å². The van der Waals surface area contributed by atoms with Crippen LogP contribution >= 0.6 is 38.8 Å². The van der Waals surface area contributed by atoms with Gasteiger partial charge in [-0.2, -0.15) is 0 Å². The predicted octanol–water partition coefficient (Wildman–Crippen LogP) is 5.13. The van der Waals surface area contributed by atoms with Crippen LogP contribution in [-0.2, 0) is 0 Å². The Morgan fingerprint density at radius 2 is 1.89 bits per heavy atom. The summed E-state index contributed by atoms with van der Waals surface area (Å²) in [5, 5.41) is 18.0. The van der Waals surface area contributed by atoms with Gasteiger partial charge in [-0.25, -0.2) is 4.79 Å². The monoisotopic (exact) mass is 459 g/mol. The molecule has 0 bridgehead atoms. The summed E-state index contributed by atoms with van der Waals surface area (Å²) < 4.78 is 5.54. The molecule has 0 radical (unpaired) electrons. The number of nitrogens with zero attached hydrogens (tertiary/aromatic N) is 2. The summed E-state index contributed by atoms with van der Waals surface area (Å²) in [6, 6.07) is 12.4. The number of benzene rings is 2. The van der Waals surface area contributed by atoms with E-state index in [1.807, 2.05) is 24.3 Å². The minimum Gasteiger partial charge on any atom is -0.478 e. The Kier molecular flexibility index (Phi) is 4.73. The van der Waals surface area contributed by atoms with Gasteiger partial charge < -0.3 is 10.4 Å². The van der Waals surface area contributed by atoms with Crippen LogP contribution in [0, 0.1) is 0 Å². The zero-order valence-corrected chi connectivity index (χ0v) is 16.7. The number of carbonyl (C=O) groups is 2. The Bertz CT molecular complexity index is 1170. The molecule has 0 aliphatic carbocycles. The molecule has 27 heavy (non-hydrogen) atoms. The number of carbonyl (C=O) groups excluding carboxylic acids is 1. The molecule has 0 aliphatic heterocycles. The van der Waals surface area contributed by atoms with Crippen molar-refractivity contribution in [2.75, 3.05) is 5.32 Å². The van der Waals surface area contributed by atoms with E-state index in [1.54, 1.807) is 23.6 Å². The molecule has 0 unspecified atom stereocenters. The molecular weight excluding hydrogens is 450 g/mol. The van der Waals surface area contributed by atoms with Crippen LogP contribution in [0.5, 0.6) is 0 Å². The van der Waals surface area contributed by atoms with Gasteiger partial charge in [-0.1, -0.05) is 32.6 Å². The molecule has 0 saturated carbocycles. The van der Waals surface area contributed by atoms with E-state index in [4.69, 9.17) is 0 Å². The molecule has 0 fully saturated rings. The number of amides is 1. The normalized spacial score (nSPS) is 10.9. The summed E-state index contributed by atoms with van der Waals surface area (Å²) in [4.78, 5) is 25.0. The van der Waals surface area contributed by atoms with Crippen LogP contribution < -0.4 is 5.32 Å². The molecule has 2 aromatic carbocycles. The second kappa shape index (κ2) is 7.18. The van der Waals surface area contributed by atoms with Crippen LogP contribution in [0.3, 0.4) is 0 Å². The maximum absolute atomic E-state index is 12.6. The first-order chi connectivity index (χ1) is 13.0. The number of rotatable bonds is 4. The van der Waals surface area contributed by atoms with E-state index in [1.165, 1.54) is 22.9 Å². The summed E-state index contributed by atoms with van der Waals surface area (Å²) in [5.74, 6) is -1.47. The second-order valence-corrected chi connectivity index (χ2v) is 8.16. The molecule has 9 heteroatoms. The number of fused-ring (bicyclic) bond motifs is 1. The number of carboxylic acids is 1. The highest BCUT2D eigenvalue weighted by atomic mass is 79.9. The largest absolute Gasteiger partial charge is 0.478 e. The van der Waals surface area contributed by atoms with Gasteiger partial charge in [-0.15, -0.1) is 16.4 Å². The van der Waals surface area contributed by atoms with Gasteiger partial charge in [0.15, 0.2) is 0 Å². The molecule has 0 atom stereocenters. The van der Waals surface area contributed by atoms with Gasteiger partial charge in [0, 0.05) is 15.4 Å². The summed E-state index contributed by atoms with van der Waals surface area (Å²) in [7, 11) is 0. The van der Waals surface area contributed by atoms with Gasteiger partial charge in [0.2, 0.25) is 0 Å². The topological polar surface area (TPSA) is 92.2 Å². The Morgan fingerprint density at radius 1 is 1.11 bits per heavy atom. The molecule has 0 aliphatic rings. The van der Waals surface area contributed by atoms with E-state index in [2.05, 4.69) is 30.8 Å². The maximum Gasteiger partial charge on any atom is 0.339 e. The summed E-state index contributed by atoms with van der Waals surface area (Å²) in [5.41, 5.74) is 2.27. The lowest BCUT2D eigenvalue weighted by Gasteiger charge is -2.06. The Balaban J connectivity index is 1.68. The average Bonchev–Trinajstić information content (AvgIpc) is 3.28. The van der Waals surface area contributed by atoms with Crippen LogP contribution in [0.25, 0.3) is 20.7 Å². The number of hydrogen-bond acceptors (Lipinski definition) is 6. The lowest BCUT2D eigenvalue weighted by atomic mass is 10.1. The van der Waals surface area contributed by atoms with E-state index in [9.17, 15) is 14.7 Å². The summed E-state index contributed by atoms with van der Waals surface area (Å²) in [6.45, 7) is 0. The van der Waals surface area contributed by atoms with Gasteiger partial charge in [-0.05, 0) is 47.4 Å². The van der Waals surface area contributed by atoms with Gasteiger partial charge >= 0.3 is 5.97 Å². The van der Waals surface area contributed by atoms with E-state index < -0.39 is 5.97 Å². The number of halogens is 1. The molecule has 2 N–H and O–H groups in total. The van der Waals surface area contributed by atoms with Crippen LogP contribution in [0.1, 0.15) is 20.7 Å². The standard InChI is InChI=1S/C18H10BrN3O3S2/c19-11-4-1-9(2-5-11)16-15(18(24)25)13(8-26-16)20-17(23)10-3-6-12-14(7-10)27-22-21-12/h1-8H,(H,20,23)(H,24,25). The van der Waals surface area contributed by atoms with Crippen molar-refractivity contribution < 1.29 is 14.7 Å². The lowest BCUT2D eigenvalue weighted by Crippen LogP contribution is -2.13. The minimum absolute atomic E-state index is 0.0798. The van der Waals surface area contributed by atoms with E-state index >= 15 is 0 Å². The molecule has 0 saturated heterocycles. The number of carboxylic acid groups (broad SMARTS) is 1. The van der Waals surface area contributed by atoms with Crippen molar-refractivity contribution in [3.05, 3.63) is 63.4 Å². The molecule has 4 rings (SSSR count). The van der Waals surface area contributed by atoms with Gasteiger partial charge in [0.25, 0.3) is 5.91 Å². The lowest BCUT2D eigenvalue weighted by molar-refractivity contribution is 0.0699. The van der Waals surface area contributed by atoms with Crippen molar-refractivity contribution in [1.82, 2.24) is 9.59 Å². The summed E-state index contributed by atoms with van der Waals surface area (Å²) >= 11 is 5.84. The number of aromatic nitrogens is 2. The molecule has 2 heterocycles. The summed E-state index contributed by atoms with van der Waals surface area (Å²) in [6.07, 6.45) is 0. The van der Waals surface area contributed by atoms with Gasteiger partial charge in [0.05, 0.1) is 15.3 Å². The van der Waals surface area contributed by atoms with Crippen molar-refractivity contribution in [3.63, 3.8) is 0 Å². The van der Waals surface area contributed by atoms with Crippen LogP contribution in [-0.4, -0.2) is 26.6 Å². The quantitative estimate of drug-likeness (QED) is 0.441. The zero-order valence-electron chi connectivity index (χ0n) is 13.5. The third-order valence-electron chi connectivity index (χ3n) is 3.87.